The van der Waals surface area contributed by atoms with Crippen molar-refractivity contribution in [3.63, 3.8) is 0 Å². The Kier molecular flexibility index (Phi) is 4.24. The number of Topliss-reactive ketones (excluding diaryl/α,β-unsaturated/α-hetero) is 1. The summed E-state index contributed by atoms with van der Waals surface area (Å²) in [5.74, 6) is -1.85. The first-order chi connectivity index (χ1) is 9.47. The van der Waals surface area contributed by atoms with Gasteiger partial charge in [-0.1, -0.05) is 29.8 Å². The molecule has 1 aromatic rings. The van der Waals surface area contributed by atoms with E-state index in [9.17, 15) is 14.4 Å². The molecule has 2 rings (SSSR count). The number of hydrogen-bond donors (Lipinski definition) is 2. The molecule has 0 saturated carbocycles. The number of carbonyl (C=O) groups excluding carboxylic acids is 3. The molecule has 0 unspecified atom stereocenters. The Balaban J connectivity index is 1.96. The monoisotopic (exact) mass is 290 g/mol. The average molecular weight is 290 g/mol. The number of benzene rings is 1. The molecule has 1 heterocycles. The number of hydrogen-bond acceptors (Lipinski definition) is 4. The van der Waals surface area contributed by atoms with Crippen LogP contribution in [0, 0.1) is 12.8 Å². The average Bonchev–Trinajstić information content (AvgIpc) is 2.38. The molecule has 0 aromatic heterocycles. The van der Waals surface area contributed by atoms with E-state index in [0.29, 0.717) is 5.56 Å². The van der Waals surface area contributed by atoms with Crippen molar-refractivity contribution in [2.45, 2.75) is 19.8 Å². The van der Waals surface area contributed by atoms with Crippen LogP contribution in [0.1, 0.15) is 28.8 Å². The van der Waals surface area contributed by atoms with Crippen LogP contribution >= 0.6 is 12.2 Å². The Morgan fingerprint density at radius 1 is 1.15 bits per heavy atom. The zero-order valence-electron chi connectivity index (χ0n) is 10.9. The fourth-order valence-electron chi connectivity index (χ4n) is 1.97. The van der Waals surface area contributed by atoms with E-state index in [-0.39, 0.29) is 23.7 Å². The fraction of sp³-hybridized carbons (Fsp3) is 0.286. The Hall–Kier alpha value is -2.08. The van der Waals surface area contributed by atoms with Gasteiger partial charge in [-0.15, -0.1) is 0 Å². The van der Waals surface area contributed by atoms with E-state index in [4.69, 9.17) is 12.2 Å². The number of aryl methyl sites for hydroxylation is 1. The molecule has 1 fully saturated rings. The van der Waals surface area contributed by atoms with E-state index in [0.717, 1.165) is 5.56 Å². The molecule has 1 aromatic carbocycles. The fourth-order valence-corrected chi connectivity index (χ4v) is 2.17. The smallest absolute Gasteiger partial charge is 0.238 e. The minimum absolute atomic E-state index is 0.0149. The molecule has 2 N–H and O–H groups in total. The molecule has 104 valence electrons. The zero-order valence-corrected chi connectivity index (χ0v) is 11.8. The van der Waals surface area contributed by atoms with Gasteiger partial charge in [0.2, 0.25) is 11.8 Å². The van der Waals surface area contributed by atoms with Gasteiger partial charge in [0.1, 0.15) is 5.92 Å². The summed E-state index contributed by atoms with van der Waals surface area (Å²) in [5, 5.41) is 4.77. The first-order valence-electron chi connectivity index (χ1n) is 6.23. The van der Waals surface area contributed by atoms with Gasteiger partial charge in [-0.3, -0.25) is 14.4 Å². The molecule has 1 aliphatic heterocycles. The van der Waals surface area contributed by atoms with Gasteiger partial charge >= 0.3 is 0 Å². The van der Waals surface area contributed by atoms with Gasteiger partial charge in [-0.25, -0.2) is 0 Å². The third-order valence-electron chi connectivity index (χ3n) is 3.14. The lowest BCUT2D eigenvalue weighted by Gasteiger charge is -2.22. The normalized spacial score (nSPS) is 15.8. The van der Waals surface area contributed by atoms with E-state index >= 15 is 0 Å². The molecular formula is C14H14N2O3S. The summed E-state index contributed by atoms with van der Waals surface area (Å²) in [6.45, 7) is 1.94. The lowest BCUT2D eigenvalue weighted by atomic mass is 9.96. The molecule has 5 nitrogen and oxygen atoms in total. The van der Waals surface area contributed by atoms with Gasteiger partial charge in [0.15, 0.2) is 10.9 Å². The molecule has 0 radical (unpaired) electrons. The Morgan fingerprint density at radius 3 is 2.25 bits per heavy atom. The standard InChI is InChI=1S/C14H14N2O3S/c1-8-2-4-9(5-3-8)11(17)7-6-10-12(18)15-14(20)16-13(10)19/h2-5,10H,6-7H2,1H3,(H2,15,16,18,19,20). The first kappa shape index (κ1) is 14.3. The summed E-state index contributed by atoms with van der Waals surface area (Å²) >= 11 is 4.71. The third kappa shape index (κ3) is 3.27. The quantitative estimate of drug-likeness (QED) is 0.495. The van der Waals surface area contributed by atoms with E-state index < -0.39 is 17.7 Å². The summed E-state index contributed by atoms with van der Waals surface area (Å²) in [4.78, 5) is 35.3. The highest BCUT2D eigenvalue weighted by Gasteiger charge is 2.32. The highest BCUT2D eigenvalue weighted by atomic mass is 32.1. The largest absolute Gasteiger partial charge is 0.302 e. The summed E-state index contributed by atoms with van der Waals surface area (Å²) in [6, 6.07) is 7.19. The van der Waals surface area contributed by atoms with Crippen LogP contribution in [0.4, 0.5) is 0 Å². The lowest BCUT2D eigenvalue weighted by molar-refractivity contribution is -0.135. The van der Waals surface area contributed by atoms with Crippen LogP contribution in [-0.4, -0.2) is 22.7 Å². The van der Waals surface area contributed by atoms with Crippen LogP contribution in [0.15, 0.2) is 24.3 Å². The molecule has 0 atom stereocenters. The highest BCUT2D eigenvalue weighted by Crippen LogP contribution is 2.14. The second-order valence-electron chi connectivity index (χ2n) is 4.69. The molecule has 2 amide bonds. The number of rotatable bonds is 4. The molecule has 1 saturated heterocycles. The third-order valence-corrected chi connectivity index (χ3v) is 3.34. The molecule has 6 heteroatoms. The number of nitrogens with one attached hydrogen (secondary N) is 2. The highest BCUT2D eigenvalue weighted by molar-refractivity contribution is 7.80. The molecular weight excluding hydrogens is 276 g/mol. The summed E-state index contributed by atoms with van der Waals surface area (Å²) < 4.78 is 0. The topological polar surface area (TPSA) is 75.3 Å². The number of carbonyl (C=O) groups is 3. The SMILES string of the molecule is Cc1ccc(C(=O)CCC2C(=O)NC(=S)NC2=O)cc1. The Bertz CT molecular complexity index is 561. The van der Waals surface area contributed by atoms with Crippen molar-refractivity contribution < 1.29 is 14.4 Å². The molecule has 0 bridgehead atoms. The predicted octanol–water partition coefficient (Wildman–Crippen LogP) is 1.11. The molecule has 1 aliphatic rings. The van der Waals surface area contributed by atoms with Crippen molar-refractivity contribution >= 4 is 34.9 Å². The van der Waals surface area contributed by atoms with Crippen molar-refractivity contribution in [1.29, 1.82) is 0 Å². The Labute approximate surface area is 121 Å². The van der Waals surface area contributed by atoms with Gasteiger partial charge < -0.3 is 10.6 Å². The first-order valence-corrected chi connectivity index (χ1v) is 6.64. The minimum atomic E-state index is -0.865. The number of ketones is 1. The van der Waals surface area contributed by atoms with Crippen LogP contribution < -0.4 is 10.6 Å². The van der Waals surface area contributed by atoms with Crippen molar-refractivity contribution in [3.8, 4) is 0 Å². The molecule has 0 spiro atoms. The van der Waals surface area contributed by atoms with Crippen LogP contribution in [0.2, 0.25) is 0 Å². The van der Waals surface area contributed by atoms with E-state index in [1.165, 1.54) is 0 Å². The summed E-state index contributed by atoms with van der Waals surface area (Å²) in [6.07, 6.45) is 0.314. The van der Waals surface area contributed by atoms with Crippen molar-refractivity contribution in [2.75, 3.05) is 0 Å². The maximum Gasteiger partial charge on any atom is 0.238 e. The van der Waals surface area contributed by atoms with Gasteiger partial charge in [0.25, 0.3) is 0 Å². The van der Waals surface area contributed by atoms with E-state index in [2.05, 4.69) is 10.6 Å². The summed E-state index contributed by atoms with van der Waals surface area (Å²) in [5.41, 5.74) is 1.66. The van der Waals surface area contributed by atoms with Gasteiger partial charge in [0, 0.05) is 12.0 Å². The lowest BCUT2D eigenvalue weighted by Crippen LogP contribution is -2.55. The van der Waals surface area contributed by atoms with Crippen molar-refractivity contribution in [1.82, 2.24) is 10.6 Å². The predicted molar refractivity (Wildman–Crippen MR) is 77.1 cm³/mol. The van der Waals surface area contributed by atoms with Gasteiger partial charge in [0.05, 0.1) is 0 Å². The minimum Gasteiger partial charge on any atom is -0.302 e. The maximum absolute atomic E-state index is 12.0. The number of thiocarbonyl (C=S) groups is 1. The second-order valence-corrected chi connectivity index (χ2v) is 5.10. The molecule has 0 aliphatic carbocycles. The van der Waals surface area contributed by atoms with Crippen LogP contribution in [0.25, 0.3) is 0 Å². The van der Waals surface area contributed by atoms with Crippen LogP contribution in [0.3, 0.4) is 0 Å². The Morgan fingerprint density at radius 2 is 1.70 bits per heavy atom. The zero-order chi connectivity index (χ0) is 14.7. The summed E-state index contributed by atoms with van der Waals surface area (Å²) in [7, 11) is 0. The van der Waals surface area contributed by atoms with Crippen molar-refractivity contribution in [2.24, 2.45) is 5.92 Å². The van der Waals surface area contributed by atoms with Crippen LogP contribution in [-0.2, 0) is 9.59 Å². The van der Waals surface area contributed by atoms with Gasteiger partial charge in [-0.2, -0.15) is 0 Å². The van der Waals surface area contributed by atoms with E-state index in [1.807, 2.05) is 19.1 Å². The number of amides is 2. The maximum atomic E-state index is 12.0. The van der Waals surface area contributed by atoms with Crippen molar-refractivity contribution in [3.05, 3.63) is 35.4 Å². The van der Waals surface area contributed by atoms with E-state index in [1.54, 1.807) is 12.1 Å². The van der Waals surface area contributed by atoms with Gasteiger partial charge in [-0.05, 0) is 25.6 Å². The van der Waals surface area contributed by atoms with Crippen LogP contribution in [0.5, 0.6) is 0 Å². The second kappa shape index (κ2) is 5.92. The molecule has 20 heavy (non-hydrogen) atoms.